The van der Waals surface area contributed by atoms with E-state index in [9.17, 15) is 13.2 Å². The molecule has 1 aromatic carbocycles. The number of aromatic nitrogens is 1. The fraction of sp³-hybridized carbons (Fsp3) is 0.412. The smallest absolute Gasteiger partial charge is 0.338 e. The van der Waals surface area contributed by atoms with Gasteiger partial charge < -0.3 is 13.9 Å². The molecule has 0 radical (unpaired) electrons. The summed E-state index contributed by atoms with van der Waals surface area (Å²) in [5, 5.41) is 0. The Morgan fingerprint density at radius 3 is 2.54 bits per heavy atom. The van der Waals surface area contributed by atoms with Crippen LogP contribution in [0.15, 0.2) is 27.5 Å². The van der Waals surface area contributed by atoms with Gasteiger partial charge in [-0.2, -0.15) is 0 Å². The number of rotatable bonds is 7. The van der Waals surface area contributed by atoms with E-state index in [1.165, 1.54) is 25.3 Å². The lowest BCUT2D eigenvalue weighted by molar-refractivity contribution is 0.0436. The molecule has 0 aliphatic carbocycles. The van der Waals surface area contributed by atoms with Gasteiger partial charge in [-0.1, -0.05) is 0 Å². The normalized spacial score (nSPS) is 11.6. The Bertz CT molecular complexity index is 882. The minimum atomic E-state index is -3.84. The number of benzene rings is 1. The molecule has 0 fully saturated rings. The number of sulfonamides is 1. The van der Waals surface area contributed by atoms with E-state index in [2.05, 4.69) is 9.71 Å². The number of hydrogen-bond donors (Lipinski definition) is 1. The second kappa shape index (κ2) is 7.88. The van der Waals surface area contributed by atoms with Crippen molar-refractivity contribution in [1.82, 2.24) is 9.71 Å². The van der Waals surface area contributed by atoms with E-state index in [0.717, 1.165) is 0 Å². The van der Waals surface area contributed by atoms with Crippen molar-refractivity contribution >= 4 is 16.0 Å². The molecule has 0 bridgehead atoms. The van der Waals surface area contributed by atoms with Crippen LogP contribution in [0.4, 0.5) is 0 Å². The monoisotopic (exact) mass is 382 g/mol. The third-order valence-electron chi connectivity index (χ3n) is 3.48. The Kier molecular flexibility index (Phi) is 6.04. The number of methoxy groups -OCH3 is 1. The maximum absolute atomic E-state index is 12.4. The van der Waals surface area contributed by atoms with E-state index >= 15 is 0 Å². The minimum Gasteiger partial charge on any atom is -0.495 e. The summed E-state index contributed by atoms with van der Waals surface area (Å²) >= 11 is 0. The summed E-state index contributed by atoms with van der Waals surface area (Å²) in [5.41, 5.74) is 0.795. The van der Waals surface area contributed by atoms with Crippen molar-refractivity contribution < 1.29 is 27.1 Å². The van der Waals surface area contributed by atoms with Crippen molar-refractivity contribution in [2.75, 3.05) is 7.11 Å². The molecular formula is C17H22N2O6S. The quantitative estimate of drug-likeness (QED) is 0.732. The molecule has 0 aliphatic heterocycles. The van der Waals surface area contributed by atoms with Gasteiger partial charge in [-0.05, 0) is 45.9 Å². The molecule has 0 saturated heterocycles. The summed E-state index contributed by atoms with van der Waals surface area (Å²) in [5.74, 6) is 0.362. The van der Waals surface area contributed by atoms with Crippen molar-refractivity contribution in [3.8, 4) is 5.75 Å². The summed E-state index contributed by atoms with van der Waals surface area (Å²) < 4.78 is 43.0. The molecule has 2 aromatic rings. The van der Waals surface area contributed by atoms with Gasteiger partial charge in [0.1, 0.15) is 16.4 Å². The number of ether oxygens (including phenoxy) is 2. The van der Waals surface area contributed by atoms with Crippen molar-refractivity contribution in [3.05, 3.63) is 41.1 Å². The van der Waals surface area contributed by atoms with E-state index in [-0.39, 0.29) is 34.7 Å². The number of aryl methyl sites for hydroxylation is 2. The van der Waals surface area contributed by atoms with Crippen LogP contribution in [0.5, 0.6) is 5.75 Å². The molecule has 1 heterocycles. The molecular weight excluding hydrogens is 360 g/mol. The molecule has 0 spiro atoms. The first-order valence-electron chi connectivity index (χ1n) is 7.94. The number of esters is 1. The van der Waals surface area contributed by atoms with Crippen LogP contribution >= 0.6 is 0 Å². The Balaban J connectivity index is 2.23. The zero-order valence-electron chi connectivity index (χ0n) is 15.3. The number of carbonyl (C=O) groups excluding carboxylic acids is 1. The third-order valence-corrected chi connectivity index (χ3v) is 5.16. The number of carbonyl (C=O) groups is 1. The first-order chi connectivity index (χ1) is 12.1. The molecule has 142 valence electrons. The molecule has 1 N–H and O–H groups in total. The second-order valence-corrected chi connectivity index (χ2v) is 7.65. The zero-order valence-corrected chi connectivity index (χ0v) is 16.1. The van der Waals surface area contributed by atoms with Crippen molar-refractivity contribution in [3.63, 3.8) is 0 Å². The highest BCUT2D eigenvalue weighted by Gasteiger charge is 2.23. The summed E-state index contributed by atoms with van der Waals surface area (Å²) in [6, 6.07) is 3.75. The zero-order chi connectivity index (χ0) is 19.5. The molecule has 0 atom stereocenters. The van der Waals surface area contributed by atoms with Crippen molar-refractivity contribution in [1.29, 1.82) is 0 Å². The lowest BCUT2D eigenvalue weighted by Gasteiger charge is -2.13. The average Bonchev–Trinajstić information content (AvgIpc) is 2.89. The van der Waals surface area contributed by atoms with Gasteiger partial charge in [-0.25, -0.2) is 22.9 Å². The summed E-state index contributed by atoms with van der Waals surface area (Å²) in [6.07, 6.45) is 0. The molecule has 1 aromatic heterocycles. The van der Waals surface area contributed by atoms with Crippen LogP contribution < -0.4 is 9.46 Å². The largest absolute Gasteiger partial charge is 0.495 e. The Labute approximate surface area is 152 Å². The van der Waals surface area contributed by atoms with Gasteiger partial charge in [-0.15, -0.1) is 0 Å². The van der Waals surface area contributed by atoms with Gasteiger partial charge in [0, 0.05) is 6.04 Å². The van der Waals surface area contributed by atoms with E-state index in [0.29, 0.717) is 11.5 Å². The van der Waals surface area contributed by atoms with Gasteiger partial charge >= 0.3 is 5.97 Å². The van der Waals surface area contributed by atoms with Crippen LogP contribution in [0.2, 0.25) is 0 Å². The number of nitrogens with one attached hydrogen (secondary N) is 1. The van der Waals surface area contributed by atoms with E-state index in [1.807, 2.05) is 0 Å². The fourth-order valence-electron chi connectivity index (χ4n) is 2.20. The highest BCUT2D eigenvalue weighted by Crippen LogP contribution is 2.25. The minimum absolute atomic E-state index is 0.0786. The lowest BCUT2D eigenvalue weighted by Crippen LogP contribution is -2.30. The Hall–Kier alpha value is -2.39. The topological polar surface area (TPSA) is 108 Å². The predicted octanol–water partition coefficient (Wildman–Crippen LogP) is 2.34. The molecule has 8 nitrogen and oxygen atoms in total. The maximum atomic E-state index is 12.4. The Morgan fingerprint density at radius 1 is 1.31 bits per heavy atom. The van der Waals surface area contributed by atoms with E-state index in [4.69, 9.17) is 13.9 Å². The summed E-state index contributed by atoms with van der Waals surface area (Å²) in [6.45, 7) is 6.79. The lowest BCUT2D eigenvalue weighted by atomic mass is 10.2. The van der Waals surface area contributed by atoms with Crippen LogP contribution in [0.3, 0.4) is 0 Å². The molecule has 9 heteroatoms. The maximum Gasteiger partial charge on any atom is 0.338 e. The highest BCUT2D eigenvalue weighted by molar-refractivity contribution is 7.89. The third kappa shape index (κ3) is 4.61. The van der Waals surface area contributed by atoms with Gasteiger partial charge in [0.05, 0.1) is 18.4 Å². The predicted molar refractivity (Wildman–Crippen MR) is 93.5 cm³/mol. The van der Waals surface area contributed by atoms with Crippen LogP contribution in [0.25, 0.3) is 0 Å². The summed E-state index contributed by atoms with van der Waals surface area (Å²) in [7, 11) is -2.49. The number of oxazole rings is 1. The number of hydrogen-bond acceptors (Lipinski definition) is 7. The summed E-state index contributed by atoms with van der Waals surface area (Å²) in [4.78, 5) is 16.3. The highest BCUT2D eigenvalue weighted by atomic mass is 32.2. The van der Waals surface area contributed by atoms with E-state index < -0.39 is 16.0 Å². The van der Waals surface area contributed by atoms with Gasteiger partial charge in [0.25, 0.3) is 0 Å². The fourth-order valence-corrected chi connectivity index (χ4v) is 3.64. The number of nitrogens with zero attached hydrogens (tertiary/aromatic N) is 1. The molecule has 0 aliphatic rings. The van der Waals surface area contributed by atoms with E-state index in [1.54, 1.807) is 27.7 Å². The van der Waals surface area contributed by atoms with Gasteiger partial charge in [-0.3, -0.25) is 0 Å². The first-order valence-corrected chi connectivity index (χ1v) is 9.42. The molecule has 26 heavy (non-hydrogen) atoms. The van der Waals surface area contributed by atoms with Gasteiger partial charge in [0.15, 0.2) is 6.61 Å². The molecule has 2 rings (SSSR count). The van der Waals surface area contributed by atoms with Crippen LogP contribution in [0.1, 0.15) is 41.6 Å². The average molecular weight is 382 g/mol. The Morgan fingerprint density at radius 2 is 2.00 bits per heavy atom. The second-order valence-electron chi connectivity index (χ2n) is 5.97. The van der Waals surface area contributed by atoms with Crippen LogP contribution in [-0.4, -0.2) is 32.5 Å². The van der Waals surface area contributed by atoms with Crippen molar-refractivity contribution in [2.24, 2.45) is 0 Å². The van der Waals surface area contributed by atoms with Crippen LogP contribution in [-0.2, 0) is 21.4 Å². The van der Waals surface area contributed by atoms with Crippen LogP contribution in [0, 0.1) is 13.8 Å². The van der Waals surface area contributed by atoms with Gasteiger partial charge in [0.2, 0.25) is 15.9 Å². The SMILES string of the molecule is COc1ccc(C(=O)OCc2nc(C)c(C)o2)cc1S(=O)(=O)NC(C)C. The molecule has 0 amide bonds. The standard InChI is InChI=1S/C17H22N2O6S/c1-10(2)19-26(21,22)15-8-13(6-7-14(15)23-5)17(20)24-9-16-18-11(3)12(4)25-16/h6-8,10,19H,9H2,1-5H3. The molecule has 0 unspecified atom stereocenters. The molecule has 0 saturated carbocycles. The van der Waals surface area contributed by atoms with Crippen molar-refractivity contribution in [2.45, 2.75) is 45.2 Å². The first kappa shape index (κ1) is 19.9.